The molecule has 1 aliphatic heterocycles. The molecule has 0 saturated carbocycles. The number of anilines is 1. The first-order valence-corrected chi connectivity index (χ1v) is 11.2. The number of aliphatic hydroxyl groups excluding tert-OH is 1. The normalized spacial score (nSPS) is 16.4. The van der Waals surface area contributed by atoms with Gasteiger partial charge >= 0.3 is 5.97 Å². The number of esters is 1. The van der Waals surface area contributed by atoms with Crippen LogP contribution in [0.1, 0.15) is 27.5 Å². The zero-order valence-corrected chi connectivity index (χ0v) is 20.7. The fourth-order valence-electron chi connectivity index (χ4n) is 4.33. The molecule has 0 aliphatic carbocycles. The predicted octanol–water partition coefficient (Wildman–Crippen LogP) is 4.13. The van der Waals surface area contributed by atoms with Gasteiger partial charge in [0.25, 0.3) is 11.7 Å². The van der Waals surface area contributed by atoms with E-state index in [1.807, 2.05) is 0 Å². The van der Waals surface area contributed by atoms with Gasteiger partial charge in [-0.15, -0.1) is 0 Å². The summed E-state index contributed by atoms with van der Waals surface area (Å²) in [5, 5.41) is 11.5. The van der Waals surface area contributed by atoms with Crippen molar-refractivity contribution in [1.82, 2.24) is 0 Å². The lowest BCUT2D eigenvalue weighted by molar-refractivity contribution is -0.132. The number of rotatable bonds is 7. The van der Waals surface area contributed by atoms with E-state index in [0.717, 1.165) is 0 Å². The molecule has 1 amide bonds. The Morgan fingerprint density at radius 2 is 1.57 bits per heavy atom. The molecule has 1 N–H and O–H groups in total. The molecular formula is C28H25NO8. The molecule has 1 atom stereocenters. The standard InChI is InChI=1S/C28H25NO8/c1-34-18-12-13-22(36-3)20(15-18)25(30)23-24(19-10-5-6-11-21(19)35-2)29(27(32)26(23)31)17-9-7-8-16(14-17)28(33)37-4/h5-15,24,30H,1-4H3/b25-23+. The maximum atomic E-state index is 13.5. The summed E-state index contributed by atoms with van der Waals surface area (Å²) >= 11 is 0. The van der Waals surface area contributed by atoms with E-state index in [1.54, 1.807) is 48.5 Å². The van der Waals surface area contributed by atoms with Gasteiger partial charge in [-0.25, -0.2) is 4.79 Å². The average Bonchev–Trinajstić information content (AvgIpc) is 3.21. The molecule has 9 heteroatoms. The molecule has 0 aromatic heterocycles. The lowest BCUT2D eigenvalue weighted by Crippen LogP contribution is -2.29. The number of para-hydroxylation sites is 1. The smallest absolute Gasteiger partial charge is 0.337 e. The highest BCUT2D eigenvalue weighted by atomic mass is 16.5. The first-order chi connectivity index (χ1) is 17.9. The summed E-state index contributed by atoms with van der Waals surface area (Å²) in [4.78, 5) is 40.4. The maximum absolute atomic E-state index is 13.5. The Morgan fingerprint density at radius 3 is 2.24 bits per heavy atom. The van der Waals surface area contributed by atoms with Gasteiger partial charge in [0.15, 0.2) is 0 Å². The number of amides is 1. The summed E-state index contributed by atoms with van der Waals surface area (Å²) in [5.74, 6) is -1.77. The summed E-state index contributed by atoms with van der Waals surface area (Å²) in [6, 6.07) is 16.7. The van der Waals surface area contributed by atoms with Crippen molar-refractivity contribution >= 4 is 29.1 Å². The lowest BCUT2D eigenvalue weighted by atomic mass is 9.94. The van der Waals surface area contributed by atoms with E-state index in [9.17, 15) is 19.5 Å². The van der Waals surface area contributed by atoms with Gasteiger partial charge in [0.05, 0.1) is 51.2 Å². The van der Waals surface area contributed by atoms with Crippen molar-refractivity contribution in [2.75, 3.05) is 33.3 Å². The second-order valence-corrected chi connectivity index (χ2v) is 8.02. The largest absolute Gasteiger partial charge is 0.507 e. The van der Waals surface area contributed by atoms with Crippen LogP contribution >= 0.6 is 0 Å². The second-order valence-electron chi connectivity index (χ2n) is 8.02. The summed E-state index contributed by atoms with van der Waals surface area (Å²) < 4.78 is 21.0. The van der Waals surface area contributed by atoms with E-state index in [1.165, 1.54) is 51.5 Å². The molecule has 3 aromatic carbocycles. The quantitative estimate of drug-likeness (QED) is 0.222. The first-order valence-electron chi connectivity index (χ1n) is 11.2. The molecule has 1 aliphatic rings. The molecule has 3 aromatic rings. The lowest BCUT2D eigenvalue weighted by Gasteiger charge is -2.27. The minimum Gasteiger partial charge on any atom is -0.507 e. The molecule has 1 fully saturated rings. The summed E-state index contributed by atoms with van der Waals surface area (Å²) in [5.41, 5.74) is 0.899. The highest BCUT2D eigenvalue weighted by Gasteiger charge is 2.48. The van der Waals surface area contributed by atoms with Gasteiger partial charge in [0, 0.05) is 11.3 Å². The second kappa shape index (κ2) is 10.4. The van der Waals surface area contributed by atoms with Crippen LogP contribution in [0.25, 0.3) is 5.76 Å². The van der Waals surface area contributed by atoms with Crippen LogP contribution in [0, 0.1) is 0 Å². The van der Waals surface area contributed by atoms with Crippen LogP contribution in [0.5, 0.6) is 17.2 Å². The molecule has 0 bridgehead atoms. The van der Waals surface area contributed by atoms with E-state index in [-0.39, 0.29) is 28.1 Å². The highest BCUT2D eigenvalue weighted by Crippen LogP contribution is 2.46. The number of nitrogens with zero attached hydrogens (tertiary/aromatic N) is 1. The third-order valence-electron chi connectivity index (χ3n) is 6.09. The van der Waals surface area contributed by atoms with Crippen LogP contribution in [-0.2, 0) is 14.3 Å². The van der Waals surface area contributed by atoms with E-state index >= 15 is 0 Å². The minimum atomic E-state index is -1.08. The summed E-state index contributed by atoms with van der Waals surface area (Å²) in [6.07, 6.45) is 0. The number of benzene rings is 3. The number of hydrogen-bond donors (Lipinski definition) is 1. The van der Waals surface area contributed by atoms with Crippen LogP contribution < -0.4 is 19.1 Å². The number of carbonyl (C=O) groups is 3. The number of carbonyl (C=O) groups excluding carboxylic acids is 3. The SMILES string of the molecule is COC(=O)c1cccc(N2C(=O)C(=O)/C(=C(/O)c3cc(OC)ccc3OC)C2c2ccccc2OC)c1. The van der Waals surface area contributed by atoms with Crippen molar-refractivity contribution in [2.45, 2.75) is 6.04 Å². The Morgan fingerprint density at radius 1 is 0.838 bits per heavy atom. The minimum absolute atomic E-state index is 0.169. The summed E-state index contributed by atoms with van der Waals surface area (Å²) in [7, 11) is 5.60. The Balaban J connectivity index is 2.02. The Bertz CT molecular complexity index is 1410. The molecule has 0 radical (unpaired) electrons. The van der Waals surface area contributed by atoms with Crippen molar-refractivity contribution < 1.29 is 38.4 Å². The first kappa shape index (κ1) is 25.3. The van der Waals surface area contributed by atoms with Gasteiger partial charge in [-0.3, -0.25) is 14.5 Å². The molecule has 190 valence electrons. The van der Waals surface area contributed by atoms with Gasteiger partial charge in [-0.1, -0.05) is 24.3 Å². The number of ketones is 1. The predicted molar refractivity (Wildman–Crippen MR) is 135 cm³/mol. The number of hydrogen-bond acceptors (Lipinski definition) is 8. The van der Waals surface area contributed by atoms with Crippen molar-refractivity contribution in [3.05, 3.63) is 89.0 Å². The van der Waals surface area contributed by atoms with Crippen LogP contribution in [0.15, 0.2) is 72.3 Å². The van der Waals surface area contributed by atoms with Gasteiger partial charge in [0.1, 0.15) is 23.0 Å². The fourth-order valence-corrected chi connectivity index (χ4v) is 4.33. The zero-order valence-electron chi connectivity index (χ0n) is 20.7. The summed E-state index contributed by atoms with van der Waals surface area (Å²) in [6.45, 7) is 0. The molecule has 37 heavy (non-hydrogen) atoms. The van der Waals surface area contributed by atoms with E-state index in [0.29, 0.717) is 17.1 Å². The Labute approximate surface area is 213 Å². The van der Waals surface area contributed by atoms with E-state index in [4.69, 9.17) is 18.9 Å². The Kier molecular flexibility index (Phi) is 7.15. The van der Waals surface area contributed by atoms with E-state index in [2.05, 4.69) is 0 Å². The molecule has 4 rings (SSSR count). The molecule has 1 saturated heterocycles. The molecule has 9 nitrogen and oxygen atoms in total. The van der Waals surface area contributed by atoms with Crippen molar-refractivity contribution in [1.29, 1.82) is 0 Å². The third kappa shape index (κ3) is 4.47. The number of aliphatic hydroxyl groups is 1. The Hall–Kier alpha value is -4.79. The zero-order chi connectivity index (χ0) is 26.7. The van der Waals surface area contributed by atoms with E-state index < -0.39 is 29.5 Å². The molecular weight excluding hydrogens is 478 g/mol. The van der Waals surface area contributed by atoms with Crippen molar-refractivity contribution in [3.63, 3.8) is 0 Å². The van der Waals surface area contributed by atoms with Crippen LogP contribution in [0.3, 0.4) is 0 Å². The number of Topliss-reactive ketones (excluding diaryl/α,β-unsaturated/α-hetero) is 1. The van der Waals surface area contributed by atoms with Crippen molar-refractivity contribution in [2.24, 2.45) is 0 Å². The van der Waals surface area contributed by atoms with Gasteiger partial charge in [0.2, 0.25) is 0 Å². The average molecular weight is 504 g/mol. The molecule has 0 spiro atoms. The highest BCUT2D eigenvalue weighted by molar-refractivity contribution is 6.51. The fraction of sp³-hybridized carbons (Fsp3) is 0.179. The van der Waals surface area contributed by atoms with Crippen molar-refractivity contribution in [3.8, 4) is 17.2 Å². The number of methoxy groups -OCH3 is 4. The monoisotopic (exact) mass is 503 g/mol. The molecule has 1 heterocycles. The van der Waals surface area contributed by atoms with Gasteiger partial charge in [-0.2, -0.15) is 0 Å². The maximum Gasteiger partial charge on any atom is 0.337 e. The topological polar surface area (TPSA) is 112 Å². The van der Waals surface area contributed by atoms with Gasteiger partial charge in [-0.05, 0) is 42.5 Å². The number of ether oxygens (including phenoxy) is 4. The van der Waals surface area contributed by atoms with Crippen LogP contribution in [-0.4, -0.2) is 51.2 Å². The molecule has 1 unspecified atom stereocenters. The third-order valence-corrected chi connectivity index (χ3v) is 6.09. The van der Waals surface area contributed by atoms with Crippen LogP contribution in [0.2, 0.25) is 0 Å². The van der Waals surface area contributed by atoms with Gasteiger partial charge < -0.3 is 24.1 Å². The van der Waals surface area contributed by atoms with Crippen LogP contribution in [0.4, 0.5) is 5.69 Å².